The fourth-order valence-electron chi connectivity index (χ4n) is 2.26. The highest BCUT2D eigenvalue weighted by Crippen LogP contribution is 2.02. The second-order valence-corrected chi connectivity index (χ2v) is 7.52. The molecule has 0 aromatic rings. The lowest BCUT2D eigenvalue weighted by Gasteiger charge is -2.24. The summed E-state index contributed by atoms with van der Waals surface area (Å²) in [6, 6.07) is -1.69. The van der Waals surface area contributed by atoms with Gasteiger partial charge in [0.1, 0.15) is 12.1 Å². The summed E-state index contributed by atoms with van der Waals surface area (Å²) in [7, 11) is 0. The van der Waals surface area contributed by atoms with E-state index in [1.54, 1.807) is 20.8 Å². The molecule has 0 radical (unpaired) electrons. The number of likely N-dealkylation sites (N-methyl/N-ethyl adjacent to an activating group) is 1. The molecule has 0 saturated carbocycles. The highest BCUT2D eigenvalue weighted by molar-refractivity contribution is 5.93. The van der Waals surface area contributed by atoms with Gasteiger partial charge in [-0.3, -0.25) is 24.0 Å². The minimum absolute atomic E-state index is 0. The summed E-state index contributed by atoms with van der Waals surface area (Å²) in [6.45, 7) is 14.7. The molecule has 0 rings (SSSR count). The van der Waals surface area contributed by atoms with Crippen LogP contribution in [-0.4, -0.2) is 73.8 Å². The number of nitrogens with one attached hydrogen (secondary N) is 6. The topological polar surface area (TPSA) is 158 Å². The molecule has 0 fully saturated rings. The number of hydrogen-bond acceptors (Lipinski definition) is 6. The van der Waals surface area contributed by atoms with Crippen LogP contribution in [0.15, 0.2) is 0 Å². The smallest absolute Gasteiger partial charge is 0.243 e. The molecule has 0 unspecified atom stereocenters. The van der Waals surface area contributed by atoms with E-state index < -0.39 is 29.8 Å². The highest BCUT2D eigenvalue weighted by Gasteiger charge is 2.27. The fraction of sp³-hybridized carbons (Fsp3) is 0.762. The van der Waals surface area contributed by atoms with Crippen molar-refractivity contribution in [1.82, 2.24) is 31.9 Å². The molecule has 5 amide bonds. The van der Waals surface area contributed by atoms with E-state index in [1.165, 1.54) is 0 Å². The molecule has 2 atom stereocenters. The van der Waals surface area contributed by atoms with Crippen molar-refractivity contribution in [3.63, 3.8) is 0 Å². The van der Waals surface area contributed by atoms with Crippen LogP contribution in [0.2, 0.25) is 0 Å². The van der Waals surface area contributed by atoms with E-state index in [9.17, 15) is 24.0 Å². The molecule has 11 nitrogen and oxygen atoms in total. The molecular weight excluding hydrogens is 416 g/mol. The predicted octanol–water partition coefficient (Wildman–Crippen LogP) is 0.501. The van der Waals surface area contributed by atoms with Crippen LogP contribution in [0.1, 0.15) is 63.9 Å². The molecule has 0 aromatic carbocycles. The second kappa shape index (κ2) is 17.9. The Morgan fingerprint density at radius 1 is 0.688 bits per heavy atom. The Morgan fingerprint density at radius 2 is 1.19 bits per heavy atom. The predicted molar refractivity (Wildman–Crippen MR) is 136 cm³/mol. The summed E-state index contributed by atoms with van der Waals surface area (Å²) in [5, 5.41) is 15.4. The first-order chi connectivity index (χ1) is 15.0. The Balaban J connectivity index is -0.000000183. The fourth-order valence-corrected chi connectivity index (χ4v) is 2.26. The number of carbonyl (C=O) groups is 5. The zero-order valence-corrected chi connectivity index (χ0v) is 20.7. The summed E-state index contributed by atoms with van der Waals surface area (Å²) in [5.74, 6) is -2.48. The maximum absolute atomic E-state index is 12.5. The zero-order valence-electron chi connectivity index (χ0n) is 20.7. The minimum atomic E-state index is -0.872. The van der Waals surface area contributed by atoms with Gasteiger partial charge in [0.25, 0.3) is 0 Å². The molecule has 11 heteroatoms. The quantitative estimate of drug-likeness (QED) is 0.230. The first-order valence-electron chi connectivity index (χ1n) is 11.1. The Hall–Kier alpha value is -2.69. The van der Waals surface area contributed by atoms with Crippen molar-refractivity contribution in [2.24, 2.45) is 5.92 Å². The van der Waals surface area contributed by atoms with Crippen LogP contribution < -0.4 is 31.9 Å². The van der Waals surface area contributed by atoms with E-state index in [4.69, 9.17) is 0 Å². The van der Waals surface area contributed by atoms with Crippen LogP contribution in [0.4, 0.5) is 0 Å². The molecule has 0 bridgehead atoms. The van der Waals surface area contributed by atoms with Gasteiger partial charge in [-0.1, -0.05) is 34.6 Å². The monoisotopic (exact) mass is 470 g/mol. The van der Waals surface area contributed by atoms with E-state index in [2.05, 4.69) is 31.9 Å². The van der Waals surface area contributed by atoms with E-state index >= 15 is 0 Å². The van der Waals surface area contributed by atoms with Crippen molar-refractivity contribution < 1.29 is 32.5 Å². The molecule has 198 valence electrons. The molecular formula is C21H54N6O5. The van der Waals surface area contributed by atoms with Gasteiger partial charge < -0.3 is 31.9 Å². The lowest BCUT2D eigenvalue weighted by molar-refractivity contribution is -0.133. The van der Waals surface area contributed by atoms with Gasteiger partial charge >= 0.3 is 0 Å². The average molecular weight is 471 g/mol. The van der Waals surface area contributed by atoms with E-state index in [-0.39, 0.29) is 52.0 Å². The van der Waals surface area contributed by atoms with Crippen molar-refractivity contribution in [3.05, 3.63) is 0 Å². The average Bonchev–Trinajstić information content (AvgIpc) is 2.73. The van der Waals surface area contributed by atoms with Gasteiger partial charge in [-0.2, -0.15) is 0 Å². The first kappa shape index (κ1) is 31.5. The van der Waals surface area contributed by atoms with E-state index in [0.717, 1.165) is 0 Å². The van der Waals surface area contributed by atoms with Crippen LogP contribution in [0.3, 0.4) is 0 Å². The molecule has 0 aromatic heterocycles. The number of rotatable bonds is 13. The lowest BCUT2D eigenvalue weighted by Crippen LogP contribution is -2.56. The molecule has 32 heavy (non-hydrogen) atoms. The summed E-state index contributed by atoms with van der Waals surface area (Å²) >= 11 is 0. The molecule has 0 saturated heterocycles. The molecule has 0 heterocycles. The Kier molecular flexibility index (Phi) is 17.7. The highest BCUT2D eigenvalue weighted by atomic mass is 16.2. The minimum Gasteiger partial charge on any atom is -0.352 e. The SMILES string of the molecule is CC.CCNCC(=O)NCC(=O)NCC(=O)N[C@H](C(=O)N[C@@H](C)C(=O)NC(C)C)C(C)C.[HH].[HH].[HH].[HH].[HH].[HH]. The van der Waals surface area contributed by atoms with Gasteiger partial charge in [-0.05, 0) is 33.2 Å². The Bertz CT molecular complexity index is 633. The number of hydrogen-bond donors (Lipinski definition) is 6. The van der Waals surface area contributed by atoms with E-state index in [1.807, 2.05) is 34.6 Å². The van der Waals surface area contributed by atoms with Crippen molar-refractivity contribution >= 4 is 29.5 Å². The summed E-state index contributed by atoms with van der Waals surface area (Å²) in [6.07, 6.45) is 0. The number of carbonyl (C=O) groups excluding carboxylic acids is 5. The van der Waals surface area contributed by atoms with Crippen LogP contribution in [-0.2, 0) is 24.0 Å². The van der Waals surface area contributed by atoms with Gasteiger partial charge in [0.15, 0.2) is 0 Å². The Morgan fingerprint density at radius 3 is 1.66 bits per heavy atom. The largest absolute Gasteiger partial charge is 0.352 e. The van der Waals surface area contributed by atoms with E-state index in [0.29, 0.717) is 6.54 Å². The van der Waals surface area contributed by atoms with Gasteiger partial charge in [-0.25, -0.2) is 0 Å². The third-order valence-corrected chi connectivity index (χ3v) is 3.88. The molecule has 0 aliphatic rings. The zero-order chi connectivity index (χ0) is 25.3. The number of amides is 5. The first-order valence-corrected chi connectivity index (χ1v) is 11.1. The van der Waals surface area contributed by atoms with Crippen LogP contribution in [0, 0.1) is 5.92 Å². The van der Waals surface area contributed by atoms with Crippen LogP contribution in [0.5, 0.6) is 0 Å². The lowest BCUT2D eigenvalue weighted by atomic mass is 10.0. The maximum atomic E-state index is 12.5. The third kappa shape index (κ3) is 15.2. The normalized spacial score (nSPS) is 12.1. The molecule has 0 aliphatic carbocycles. The van der Waals surface area contributed by atoms with Crippen LogP contribution in [0.25, 0.3) is 0 Å². The van der Waals surface area contributed by atoms with Gasteiger partial charge in [0.05, 0.1) is 19.6 Å². The molecule has 0 aliphatic heterocycles. The molecule has 0 spiro atoms. The maximum Gasteiger partial charge on any atom is 0.243 e. The Labute approximate surface area is 200 Å². The summed E-state index contributed by atoms with van der Waals surface area (Å²) in [5.41, 5.74) is 0. The standard InChI is InChI=1S/C19H36N6O5.C2H6.6H2/c1-7-20-8-14(26)21-9-15(27)22-10-16(28)25-17(11(2)3)19(30)24-13(6)18(29)23-12(4)5;1-2;;;;;;/h11-13,17,20H,7-10H2,1-6H3,(H,21,26)(H,22,27)(H,23,29)(H,24,30)(H,25,28);1-2H3;6*1H/t13-,17-;;;;;;;/m0......./s1. The third-order valence-electron chi connectivity index (χ3n) is 3.88. The van der Waals surface area contributed by atoms with Gasteiger partial charge in [-0.15, -0.1) is 0 Å². The van der Waals surface area contributed by atoms with Gasteiger partial charge in [0, 0.05) is 14.6 Å². The van der Waals surface area contributed by atoms with Crippen molar-refractivity contribution in [3.8, 4) is 0 Å². The van der Waals surface area contributed by atoms with Crippen molar-refractivity contribution in [1.29, 1.82) is 0 Å². The van der Waals surface area contributed by atoms with Crippen molar-refractivity contribution in [2.45, 2.75) is 73.5 Å². The summed E-state index contributed by atoms with van der Waals surface area (Å²) < 4.78 is 0. The summed E-state index contributed by atoms with van der Waals surface area (Å²) in [4.78, 5) is 59.7. The second-order valence-electron chi connectivity index (χ2n) is 7.52. The van der Waals surface area contributed by atoms with Crippen LogP contribution >= 0.6 is 0 Å². The van der Waals surface area contributed by atoms with Crippen molar-refractivity contribution in [2.75, 3.05) is 26.2 Å². The van der Waals surface area contributed by atoms with Gasteiger partial charge in [0.2, 0.25) is 29.5 Å². The molecule has 6 N–H and O–H groups in total.